The summed E-state index contributed by atoms with van der Waals surface area (Å²) in [6.45, 7) is 8.50. The zero-order valence-corrected chi connectivity index (χ0v) is 23.8. The minimum absolute atomic E-state index is 0.0282. The van der Waals surface area contributed by atoms with Crippen LogP contribution in [0.4, 0.5) is 0 Å². The molecule has 3 N–H and O–H groups in total. The van der Waals surface area contributed by atoms with E-state index in [1.54, 1.807) is 18.2 Å². The molecule has 0 aliphatic carbocycles. The molecule has 0 saturated carbocycles. The van der Waals surface area contributed by atoms with Crippen molar-refractivity contribution in [2.45, 2.75) is 63.6 Å². The van der Waals surface area contributed by atoms with Crippen molar-refractivity contribution in [2.24, 2.45) is 5.92 Å². The molecule has 1 heterocycles. The van der Waals surface area contributed by atoms with Gasteiger partial charge in [0, 0.05) is 24.9 Å². The highest BCUT2D eigenvalue weighted by atomic mass is 32.2. The molecule has 0 radical (unpaired) electrons. The maximum atomic E-state index is 13.3. The summed E-state index contributed by atoms with van der Waals surface area (Å²) in [5, 5.41) is 6.60. The fraction of sp³-hybridized carbons (Fsp3) is 0.387. The predicted octanol–water partition coefficient (Wildman–Crippen LogP) is 5.18. The van der Waals surface area contributed by atoms with Gasteiger partial charge in [0.25, 0.3) is 0 Å². The Bertz CT molecular complexity index is 1360. The van der Waals surface area contributed by atoms with Crippen molar-refractivity contribution < 1.29 is 17.9 Å². The van der Waals surface area contributed by atoms with Crippen LogP contribution in [0, 0.1) is 12.8 Å². The average molecular weight is 550 g/mol. The van der Waals surface area contributed by atoms with Crippen LogP contribution in [0.3, 0.4) is 0 Å². The number of fused-ring (bicyclic) bond motifs is 1. The van der Waals surface area contributed by atoms with E-state index in [-0.39, 0.29) is 23.3 Å². The van der Waals surface area contributed by atoms with Crippen molar-refractivity contribution >= 4 is 15.9 Å². The lowest BCUT2D eigenvalue weighted by atomic mass is 9.98. The predicted molar refractivity (Wildman–Crippen MR) is 154 cm³/mol. The molecular formula is C31H39N3O4S. The molecule has 1 amide bonds. The monoisotopic (exact) mass is 549 g/mol. The van der Waals surface area contributed by atoms with Gasteiger partial charge in [-0.1, -0.05) is 68.4 Å². The van der Waals surface area contributed by atoms with E-state index in [4.69, 9.17) is 4.74 Å². The molecule has 208 valence electrons. The number of carbonyl (C=O) groups excluding carboxylic acids is 1. The van der Waals surface area contributed by atoms with Gasteiger partial charge in [0.15, 0.2) is 0 Å². The number of benzene rings is 3. The maximum Gasteiger partial charge on any atom is 0.241 e. The molecule has 39 heavy (non-hydrogen) atoms. The third-order valence-electron chi connectivity index (χ3n) is 6.87. The molecule has 2 atom stereocenters. The first-order valence-corrected chi connectivity index (χ1v) is 15.1. The van der Waals surface area contributed by atoms with E-state index < -0.39 is 16.1 Å². The fourth-order valence-corrected chi connectivity index (χ4v) is 6.04. The molecule has 0 spiro atoms. The minimum atomic E-state index is -3.83. The van der Waals surface area contributed by atoms with Gasteiger partial charge in [0.2, 0.25) is 15.9 Å². The standard InChI is InChI=1S/C31H39N3O4S/c1-22(2)14-16-32-21-24-12-13-27-28(15-17-38-30(27)19-24)33-31(35)20-29(25-9-5-4-6-10-25)34-39(36,37)26-11-7-8-23(3)18-26/h4-13,18-19,22,28-29,32,34H,14-17,20-21H2,1-3H3,(H,33,35). The molecule has 7 nitrogen and oxygen atoms in total. The normalized spacial score (nSPS) is 15.8. The zero-order valence-electron chi connectivity index (χ0n) is 22.9. The summed E-state index contributed by atoms with van der Waals surface area (Å²) in [6.07, 6.45) is 1.75. The summed E-state index contributed by atoms with van der Waals surface area (Å²) in [5.41, 5.74) is 3.65. The summed E-state index contributed by atoms with van der Waals surface area (Å²) < 4.78 is 35.1. The third-order valence-corrected chi connectivity index (χ3v) is 8.34. The van der Waals surface area contributed by atoms with Crippen molar-refractivity contribution in [1.29, 1.82) is 0 Å². The van der Waals surface area contributed by atoms with Crippen LogP contribution in [0.5, 0.6) is 5.75 Å². The Morgan fingerprint density at radius 2 is 1.82 bits per heavy atom. The highest BCUT2D eigenvalue weighted by Gasteiger charge is 2.27. The smallest absolute Gasteiger partial charge is 0.241 e. The number of hydrogen-bond donors (Lipinski definition) is 3. The Kier molecular flexibility index (Phi) is 9.78. The molecule has 0 fully saturated rings. The number of sulfonamides is 1. The van der Waals surface area contributed by atoms with Gasteiger partial charge in [-0.15, -0.1) is 0 Å². The van der Waals surface area contributed by atoms with E-state index in [1.165, 1.54) is 0 Å². The number of ether oxygens (including phenoxy) is 1. The van der Waals surface area contributed by atoms with E-state index in [0.29, 0.717) is 18.9 Å². The molecule has 2 unspecified atom stereocenters. The summed E-state index contributed by atoms with van der Waals surface area (Å²) in [7, 11) is -3.83. The second-order valence-electron chi connectivity index (χ2n) is 10.6. The summed E-state index contributed by atoms with van der Waals surface area (Å²) in [6, 6.07) is 21.2. The highest BCUT2D eigenvalue weighted by molar-refractivity contribution is 7.89. The van der Waals surface area contributed by atoms with Crippen molar-refractivity contribution in [3.8, 4) is 5.75 Å². The van der Waals surface area contributed by atoms with Gasteiger partial charge < -0.3 is 15.4 Å². The molecule has 4 rings (SSSR count). The van der Waals surface area contributed by atoms with Crippen LogP contribution < -0.4 is 20.1 Å². The van der Waals surface area contributed by atoms with E-state index in [9.17, 15) is 13.2 Å². The molecule has 8 heteroatoms. The number of rotatable bonds is 12. The van der Waals surface area contributed by atoms with Gasteiger partial charge in [-0.2, -0.15) is 0 Å². The molecule has 3 aromatic carbocycles. The van der Waals surface area contributed by atoms with E-state index in [0.717, 1.165) is 47.5 Å². The van der Waals surface area contributed by atoms with Crippen LogP contribution in [0.25, 0.3) is 0 Å². The summed E-state index contributed by atoms with van der Waals surface area (Å²) >= 11 is 0. The van der Waals surface area contributed by atoms with Crippen LogP contribution in [-0.4, -0.2) is 27.5 Å². The van der Waals surface area contributed by atoms with Crippen LogP contribution in [0.2, 0.25) is 0 Å². The largest absolute Gasteiger partial charge is 0.493 e. The van der Waals surface area contributed by atoms with Crippen molar-refractivity contribution in [2.75, 3.05) is 13.2 Å². The number of aryl methyl sites for hydroxylation is 1. The lowest BCUT2D eigenvalue weighted by molar-refractivity contribution is -0.122. The van der Waals surface area contributed by atoms with Crippen molar-refractivity contribution in [3.05, 3.63) is 95.1 Å². The van der Waals surface area contributed by atoms with Crippen molar-refractivity contribution in [3.63, 3.8) is 0 Å². The summed E-state index contributed by atoms with van der Waals surface area (Å²) in [5.74, 6) is 1.22. The highest BCUT2D eigenvalue weighted by Crippen LogP contribution is 2.33. The average Bonchev–Trinajstić information content (AvgIpc) is 2.91. The van der Waals surface area contributed by atoms with Crippen LogP contribution in [0.15, 0.2) is 77.7 Å². The van der Waals surface area contributed by atoms with Crippen LogP contribution in [0.1, 0.15) is 67.4 Å². The molecule has 1 aliphatic heterocycles. The second-order valence-corrected chi connectivity index (χ2v) is 12.3. The lowest BCUT2D eigenvalue weighted by Gasteiger charge is -2.28. The zero-order chi connectivity index (χ0) is 27.8. The Hall–Kier alpha value is -3.20. The first-order chi connectivity index (χ1) is 18.7. The van der Waals surface area contributed by atoms with Gasteiger partial charge in [-0.3, -0.25) is 4.79 Å². The Morgan fingerprint density at radius 1 is 1.03 bits per heavy atom. The van der Waals surface area contributed by atoms with E-state index >= 15 is 0 Å². The molecule has 0 bridgehead atoms. The minimum Gasteiger partial charge on any atom is -0.493 e. The van der Waals surface area contributed by atoms with E-state index in [1.807, 2.05) is 55.5 Å². The molecule has 3 aromatic rings. The first kappa shape index (κ1) is 28.8. The topological polar surface area (TPSA) is 96.5 Å². The quantitative estimate of drug-likeness (QED) is 0.271. The lowest BCUT2D eigenvalue weighted by Crippen LogP contribution is -2.36. The van der Waals surface area contributed by atoms with Gasteiger partial charge in [-0.05, 0) is 60.7 Å². The molecular weight excluding hydrogens is 510 g/mol. The van der Waals surface area contributed by atoms with Gasteiger partial charge in [0.1, 0.15) is 5.75 Å². The van der Waals surface area contributed by atoms with Gasteiger partial charge in [-0.25, -0.2) is 13.1 Å². The Morgan fingerprint density at radius 3 is 2.56 bits per heavy atom. The Labute approximate surface area is 232 Å². The molecule has 1 aliphatic rings. The fourth-order valence-electron chi connectivity index (χ4n) is 4.71. The maximum absolute atomic E-state index is 13.3. The van der Waals surface area contributed by atoms with Gasteiger partial charge >= 0.3 is 0 Å². The number of hydrogen-bond acceptors (Lipinski definition) is 5. The van der Waals surface area contributed by atoms with Crippen molar-refractivity contribution in [1.82, 2.24) is 15.4 Å². The SMILES string of the molecule is Cc1cccc(S(=O)(=O)NC(CC(=O)NC2CCOc3cc(CNCCC(C)C)ccc32)c2ccccc2)c1. The first-order valence-electron chi connectivity index (χ1n) is 13.6. The number of amides is 1. The molecule has 0 saturated heterocycles. The van der Waals surface area contributed by atoms with Crippen LogP contribution >= 0.6 is 0 Å². The third kappa shape index (κ3) is 8.14. The number of nitrogens with one attached hydrogen (secondary N) is 3. The van der Waals surface area contributed by atoms with Gasteiger partial charge in [0.05, 0.1) is 23.6 Å². The number of carbonyl (C=O) groups is 1. The molecule has 0 aromatic heterocycles. The van der Waals surface area contributed by atoms with Crippen LogP contribution in [-0.2, 0) is 21.4 Å². The summed E-state index contributed by atoms with van der Waals surface area (Å²) in [4.78, 5) is 13.5. The second kappa shape index (κ2) is 13.2. The Balaban J connectivity index is 1.45. The van der Waals surface area contributed by atoms with E-state index in [2.05, 4.69) is 35.3 Å².